The van der Waals surface area contributed by atoms with Gasteiger partial charge in [-0.1, -0.05) is 13.8 Å². The molecule has 0 aromatic carbocycles. The van der Waals surface area contributed by atoms with E-state index >= 15 is 0 Å². The molecule has 2 aromatic heterocycles. The first-order valence-corrected chi connectivity index (χ1v) is 6.90. The van der Waals surface area contributed by atoms with Crippen molar-refractivity contribution in [3.05, 3.63) is 48.0 Å². The van der Waals surface area contributed by atoms with Crippen LogP contribution in [0.5, 0.6) is 11.5 Å². The highest BCUT2D eigenvalue weighted by Gasteiger charge is 2.07. The maximum absolute atomic E-state index is 5.96. The van der Waals surface area contributed by atoms with Gasteiger partial charge in [0.05, 0.1) is 5.69 Å². The molecule has 0 saturated heterocycles. The van der Waals surface area contributed by atoms with Crippen LogP contribution in [0.1, 0.15) is 25.1 Å². The Morgan fingerprint density at radius 2 is 2.05 bits per heavy atom. The van der Waals surface area contributed by atoms with Crippen molar-refractivity contribution < 1.29 is 4.74 Å². The highest BCUT2D eigenvalue weighted by molar-refractivity contribution is 5.37. The number of aromatic nitrogens is 2. The average Bonchev–Trinajstić information content (AvgIpc) is 2.43. The minimum absolute atomic E-state index is 0.622. The van der Waals surface area contributed by atoms with Gasteiger partial charge in [0.2, 0.25) is 0 Å². The molecule has 1 N–H and O–H groups in total. The molecule has 0 fully saturated rings. The number of rotatable bonds is 6. The summed E-state index contributed by atoms with van der Waals surface area (Å²) < 4.78 is 5.96. The highest BCUT2D eigenvalue weighted by Crippen LogP contribution is 2.26. The van der Waals surface area contributed by atoms with Crippen molar-refractivity contribution in [1.29, 1.82) is 0 Å². The second-order valence-corrected chi connectivity index (χ2v) is 5.20. The van der Waals surface area contributed by atoms with E-state index in [1.165, 1.54) is 0 Å². The van der Waals surface area contributed by atoms with Gasteiger partial charge >= 0.3 is 0 Å². The first kappa shape index (κ1) is 14.5. The van der Waals surface area contributed by atoms with Crippen LogP contribution in [0.3, 0.4) is 0 Å². The molecule has 0 radical (unpaired) electrons. The third kappa shape index (κ3) is 4.03. The molecule has 0 aliphatic rings. The maximum Gasteiger partial charge on any atom is 0.148 e. The van der Waals surface area contributed by atoms with Crippen LogP contribution in [0.15, 0.2) is 36.8 Å². The van der Waals surface area contributed by atoms with Crippen LogP contribution in [0.4, 0.5) is 0 Å². The Hall–Kier alpha value is -1.94. The Morgan fingerprint density at radius 1 is 1.20 bits per heavy atom. The third-order valence-electron chi connectivity index (χ3n) is 2.91. The molecule has 0 aliphatic carbocycles. The molecule has 2 rings (SSSR count). The van der Waals surface area contributed by atoms with E-state index in [2.05, 4.69) is 29.1 Å². The van der Waals surface area contributed by atoms with Gasteiger partial charge < -0.3 is 10.1 Å². The van der Waals surface area contributed by atoms with Crippen LogP contribution in [0.2, 0.25) is 0 Å². The Kier molecular flexibility index (Phi) is 5.07. The number of hydrogen-bond acceptors (Lipinski definition) is 4. The van der Waals surface area contributed by atoms with Gasteiger partial charge in [-0.05, 0) is 37.6 Å². The fraction of sp³-hybridized carbons (Fsp3) is 0.375. The van der Waals surface area contributed by atoms with E-state index in [9.17, 15) is 0 Å². The highest BCUT2D eigenvalue weighted by atomic mass is 16.5. The molecule has 0 atom stereocenters. The molecule has 2 aromatic rings. The molecule has 0 unspecified atom stereocenters. The Labute approximate surface area is 120 Å². The Morgan fingerprint density at radius 3 is 2.80 bits per heavy atom. The Bertz CT molecular complexity index is 555. The van der Waals surface area contributed by atoms with Gasteiger partial charge in [0.25, 0.3) is 0 Å². The second-order valence-electron chi connectivity index (χ2n) is 5.20. The first-order chi connectivity index (χ1) is 9.66. The van der Waals surface area contributed by atoms with E-state index in [4.69, 9.17) is 4.74 Å². The van der Waals surface area contributed by atoms with E-state index < -0.39 is 0 Å². The number of nitrogens with zero attached hydrogens (tertiary/aromatic N) is 2. The van der Waals surface area contributed by atoms with E-state index in [1.54, 1.807) is 12.4 Å². The zero-order valence-electron chi connectivity index (χ0n) is 12.3. The third-order valence-corrected chi connectivity index (χ3v) is 2.91. The van der Waals surface area contributed by atoms with Crippen molar-refractivity contribution >= 4 is 0 Å². The van der Waals surface area contributed by atoms with Crippen LogP contribution in [-0.2, 0) is 6.54 Å². The van der Waals surface area contributed by atoms with Crippen molar-refractivity contribution in [3.63, 3.8) is 0 Å². The van der Waals surface area contributed by atoms with Crippen molar-refractivity contribution in [3.8, 4) is 11.5 Å². The first-order valence-electron chi connectivity index (χ1n) is 6.90. The monoisotopic (exact) mass is 271 g/mol. The molecule has 0 aliphatic heterocycles. The molecule has 4 nitrogen and oxygen atoms in total. The number of ether oxygens (including phenoxy) is 1. The lowest BCUT2D eigenvalue weighted by Gasteiger charge is -2.13. The summed E-state index contributed by atoms with van der Waals surface area (Å²) in [6.45, 7) is 8.04. The predicted octanol–water partition coefficient (Wildman–Crippen LogP) is 3.32. The van der Waals surface area contributed by atoms with Crippen LogP contribution in [-0.4, -0.2) is 16.5 Å². The standard InChI is InChI=1S/C16H21N3O/c1-12(2)9-18-11-14-10-17-8-6-16(14)20-15-5-4-7-19-13(15)3/h4-8,10,12,18H,9,11H2,1-3H3. The predicted molar refractivity (Wildman–Crippen MR) is 79.8 cm³/mol. The molecule has 106 valence electrons. The van der Waals surface area contributed by atoms with Crippen LogP contribution in [0.25, 0.3) is 0 Å². The zero-order chi connectivity index (χ0) is 14.4. The lowest BCUT2D eigenvalue weighted by atomic mass is 10.2. The maximum atomic E-state index is 5.96. The fourth-order valence-electron chi connectivity index (χ4n) is 1.84. The van der Waals surface area contributed by atoms with Gasteiger partial charge in [-0.2, -0.15) is 0 Å². The zero-order valence-corrected chi connectivity index (χ0v) is 12.3. The van der Waals surface area contributed by atoms with Gasteiger partial charge in [-0.3, -0.25) is 9.97 Å². The summed E-state index contributed by atoms with van der Waals surface area (Å²) >= 11 is 0. The van der Waals surface area contributed by atoms with Crippen LogP contribution in [0, 0.1) is 12.8 Å². The van der Waals surface area contributed by atoms with Gasteiger partial charge in [0.1, 0.15) is 11.5 Å². The molecule has 0 spiro atoms. The summed E-state index contributed by atoms with van der Waals surface area (Å²) in [6, 6.07) is 5.69. The second kappa shape index (κ2) is 7.01. The molecule has 0 bridgehead atoms. The summed E-state index contributed by atoms with van der Waals surface area (Å²) in [5, 5.41) is 3.41. The van der Waals surface area contributed by atoms with Crippen molar-refractivity contribution in [2.45, 2.75) is 27.3 Å². The van der Waals surface area contributed by atoms with Gasteiger partial charge in [0.15, 0.2) is 0 Å². The normalized spacial score (nSPS) is 10.8. The van der Waals surface area contributed by atoms with Gasteiger partial charge in [-0.25, -0.2) is 0 Å². The number of aryl methyl sites for hydroxylation is 1. The topological polar surface area (TPSA) is 47.0 Å². The van der Waals surface area contributed by atoms with Crippen LogP contribution >= 0.6 is 0 Å². The van der Waals surface area contributed by atoms with E-state index in [0.29, 0.717) is 5.92 Å². The average molecular weight is 271 g/mol. The van der Waals surface area contributed by atoms with Crippen molar-refractivity contribution in [1.82, 2.24) is 15.3 Å². The molecule has 4 heteroatoms. The SMILES string of the molecule is Cc1ncccc1Oc1ccncc1CNCC(C)C. The molecule has 0 amide bonds. The summed E-state index contributed by atoms with van der Waals surface area (Å²) in [6.07, 6.45) is 5.35. The fourth-order valence-corrected chi connectivity index (χ4v) is 1.84. The van der Waals surface area contributed by atoms with Crippen LogP contribution < -0.4 is 10.1 Å². The summed E-state index contributed by atoms with van der Waals surface area (Å²) in [7, 11) is 0. The molecular weight excluding hydrogens is 250 g/mol. The number of hydrogen-bond donors (Lipinski definition) is 1. The number of nitrogens with one attached hydrogen (secondary N) is 1. The Balaban J connectivity index is 2.10. The van der Waals surface area contributed by atoms with Crippen molar-refractivity contribution in [2.24, 2.45) is 5.92 Å². The van der Waals surface area contributed by atoms with Gasteiger partial charge in [-0.15, -0.1) is 0 Å². The lowest BCUT2D eigenvalue weighted by molar-refractivity contribution is 0.462. The van der Waals surface area contributed by atoms with E-state index in [1.807, 2.05) is 31.3 Å². The quantitative estimate of drug-likeness (QED) is 0.875. The smallest absolute Gasteiger partial charge is 0.148 e. The molecule has 0 saturated carbocycles. The lowest BCUT2D eigenvalue weighted by Crippen LogP contribution is -2.19. The molecular formula is C16H21N3O. The largest absolute Gasteiger partial charge is 0.455 e. The number of pyridine rings is 2. The van der Waals surface area contributed by atoms with Crippen molar-refractivity contribution in [2.75, 3.05) is 6.54 Å². The molecule has 2 heterocycles. The minimum atomic E-state index is 0.622. The van der Waals surface area contributed by atoms with E-state index in [0.717, 1.165) is 35.8 Å². The summed E-state index contributed by atoms with van der Waals surface area (Å²) in [4.78, 5) is 8.41. The van der Waals surface area contributed by atoms with Gasteiger partial charge in [0, 0.05) is 30.7 Å². The summed E-state index contributed by atoms with van der Waals surface area (Å²) in [5.41, 5.74) is 1.93. The molecule has 20 heavy (non-hydrogen) atoms. The summed E-state index contributed by atoms with van der Waals surface area (Å²) in [5.74, 6) is 2.23. The minimum Gasteiger partial charge on any atom is -0.455 e. The van der Waals surface area contributed by atoms with E-state index in [-0.39, 0.29) is 0 Å².